The Balaban J connectivity index is 1.62. The van der Waals surface area contributed by atoms with Crippen molar-refractivity contribution in [2.24, 2.45) is 0 Å². The minimum atomic E-state index is 0.621. The molecule has 6 nitrogen and oxygen atoms in total. The van der Waals surface area contributed by atoms with Crippen LogP contribution < -0.4 is 10.1 Å². The summed E-state index contributed by atoms with van der Waals surface area (Å²) in [6.07, 6.45) is 4.99. The highest BCUT2D eigenvalue weighted by Crippen LogP contribution is 2.14. The van der Waals surface area contributed by atoms with E-state index in [9.17, 15) is 0 Å². The predicted octanol–water partition coefficient (Wildman–Crippen LogP) is 2.28. The lowest BCUT2D eigenvalue weighted by Crippen LogP contribution is -2.01. The Labute approximate surface area is 122 Å². The highest BCUT2D eigenvalue weighted by Gasteiger charge is 1.99. The lowest BCUT2D eigenvalue weighted by atomic mass is 10.2. The standard InChI is InChI=1S/C15H15N5O/c1-21-15-7-2-12(9-18-15)8-17-13-3-5-14(6-4-13)20-11-16-10-19-20/h2-7,9-11,17H,8H2,1H3. The first-order valence-electron chi connectivity index (χ1n) is 6.53. The van der Waals surface area contributed by atoms with E-state index in [1.54, 1.807) is 24.3 Å². The van der Waals surface area contributed by atoms with E-state index in [4.69, 9.17) is 4.74 Å². The van der Waals surface area contributed by atoms with Crippen LogP contribution in [0.25, 0.3) is 5.69 Å². The van der Waals surface area contributed by atoms with Crippen molar-refractivity contribution >= 4 is 5.69 Å². The molecule has 0 atom stereocenters. The fourth-order valence-corrected chi connectivity index (χ4v) is 1.91. The van der Waals surface area contributed by atoms with Gasteiger partial charge in [-0.2, -0.15) is 5.10 Å². The fraction of sp³-hybridized carbons (Fsp3) is 0.133. The summed E-state index contributed by atoms with van der Waals surface area (Å²) in [7, 11) is 1.61. The third-order valence-electron chi connectivity index (χ3n) is 3.05. The minimum Gasteiger partial charge on any atom is -0.481 e. The smallest absolute Gasteiger partial charge is 0.212 e. The molecule has 0 bridgehead atoms. The molecule has 0 unspecified atom stereocenters. The number of hydrogen-bond donors (Lipinski definition) is 1. The summed E-state index contributed by atoms with van der Waals surface area (Å²) in [6.45, 7) is 0.708. The lowest BCUT2D eigenvalue weighted by molar-refractivity contribution is 0.397. The maximum Gasteiger partial charge on any atom is 0.212 e. The van der Waals surface area contributed by atoms with Gasteiger partial charge in [0, 0.05) is 24.5 Å². The van der Waals surface area contributed by atoms with Crippen molar-refractivity contribution in [2.75, 3.05) is 12.4 Å². The van der Waals surface area contributed by atoms with Crippen molar-refractivity contribution in [1.29, 1.82) is 0 Å². The van der Waals surface area contributed by atoms with Gasteiger partial charge in [0.1, 0.15) is 12.7 Å². The molecule has 21 heavy (non-hydrogen) atoms. The van der Waals surface area contributed by atoms with Crippen LogP contribution in [0, 0.1) is 0 Å². The molecule has 1 N–H and O–H groups in total. The van der Waals surface area contributed by atoms with Crippen molar-refractivity contribution in [3.63, 3.8) is 0 Å². The molecule has 0 aliphatic heterocycles. The summed E-state index contributed by atoms with van der Waals surface area (Å²) in [4.78, 5) is 8.11. The van der Waals surface area contributed by atoms with E-state index in [1.807, 2.05) is 36.4 Å². The van der Waals surface area contributed by atoms with Crippen molar-refractivity contribution in [2.45, 2.75) is 6.54 Å². The molecule has 0 radical (unpaired) electrons. The fourth-order valence-electron chi connectivity index (χ4n) is 1.91. The van der Waals surface area contributed by atoms with E-state index in [0.717, 1.165) is 16.9 Å². The first-order chi connectivity index (χ1) is 10.3. The number of nitrogens with zero attached hydrogens (tertiary/aromatic N) is 4. The van der Waals surface area contributed by atoms with E-state index in [0.29, 0.717) is 12.4 Å². The van der Waals surface area contributed by atoms with Crippen LogP contribution in [0.5, 0.6) is 5.88 Å². The number of nitrogens with one attached hydrogen (secondary N) is 1. The molecule has 0 aliphatic carbocycles. The van der Waals surface area contributed by atoms with Gasteiger partial charge in [0.15, 0.2) is 0 Å². The van der Waals surface area contributed by atoms with Crippen LogP contribution in [0.15, 0.2) is 55.2 Å². The topological polar surface area (TPSA) is 64.9 Å². The van der Waals surface area contributed by atoms with E-state index >= 15 is 0 Å². The van der Waals surface area contributed by atoms with Crippen molar-refractivity contribution in [3.05, 3.63) is 60.8 Å². The van der Waals surface area contributed by atoms with E-state index < -0.39 is 0 Å². The van der Waals surface area contributed by atoms with E-state index in [-0.39, 0.29) is 0 Å². The number of methoxy groups -OCH3 is 1. The Morgan fingerprint density at radius 3 is 2.62 bits per heavy atom. The number of benzene rings is 1. The van der Waals surface area contributed by atoms with Gasteiger partial charge in [-0.1, -0.05) is 6.07 Å². The first-order valence-corrected chi connectivity index (χ1v) is 6.53. The Hall–Kier alpha value is -2.89. The molecular weight excluding hydrogens is 266 g/mol. The normalized spacial score (nSPS) is 10.3. The number of hydrogen-bond acceptors (Lipinski definition) is 5. The number of rotatable bonds is 5. The lowest BCUT2D eigenvalue weighted by Gasteiger charge is -2.08. The largest absolute Gasteiger partial charge is 0.481 e. The summed E-state index contributed by atoms with van der Waals surface area (Å²) in [5, 5.41) is 7.44. The monoisotopic (exact) mass is 281 g/mol. The van der Waals surface area contributed by atoms with Gasteiger partial charge in [-0.25, -0.2) is 14.6 Å². The summed E-state index contributed by atoms with van der Waals surface area (Å²) >= 11 is 0. The molecule has 3 rings (SSSR count). The summed E-state index contributed by atoms with van der Waals surface area (Å²) in [6, 6.07) is 11.8. The second-order valence-corrected chi connectivity index (χ2v) is 4.45. The Bertz CT molecular complexity index is 677. The van der Waals surface area contributed by atoms with Crippen molar-refractivity contribution in [3.8, 4) is 11.6 Å². The van der Waals surface area contributed by atoms with Crippen LogP contribution >= 0.6 is 0 Å². The van der Waals surface area contributed by atoms with E-state index in [2.05, 4.69) is 20.4 Å². The summed E-state index contributed by atoms with van der Waals surface area (Å²) < 4.78 is 6.76. The zero-order valence-corrected chi connectivity index (χ0v) is 11.6. The number of aromatic nitrogens is 4. The maximum atomic E-state index is 5.04. The molecule has 2 heterocycles. The molecule has 1 aromatic carbocycles. The van der Waals surface area contributed by atoms with Crippen LogP contribution in [0.3, 0.4) is 0 Å². The molecule has 6 heteroatoms. The SMILES string of the molecule is COc1ccc(CNc2ccc(-n3cncn3)cc2)cn1. The third kappa shape index (κ3) is 3.17. The molecule has 0 spiro atoms. The Morgan fingerprint density at radius 2 is 2.00 bits per heavy atom. The van der Waals surface area contributed by atoms with Gasteiger partial charge in [-0.3, -0.25) is 0 Å². The predicted molar refractivity (Wildman–Crippen MR) is 79.5 cm³/mol. The van der Waals surface area contributed by atoms with Gasteiger partial charge in [-0.15, -0.1) is 0 Å². The Morgan fingerprint density at radius 1 is 1.14 bits per heavy atom. The highest BCUT2D eigenvalue weighted by molar-refractivity contribution is 5.48. The summed E-state index contributed by atoms with van der Waals surface area (Å²) in [5.41, 5.74) is 3.11. The molecular formula is C15H15N5O. The van der Waals surface area contributed by atoms with Gasteiger partial charge in [0.05, 0.1) is 12.8 Å². The highest BCUT2D eigenvalue weighted by atomic mass is 16.5. The minimum absolute atomic E-state index is 0.621. The second-order valence-electron chi connectivity index (χ2n) is 4.45. The molecule has 3 aromatic rings. The molecule has 0 aliphatic rings. The van der Waals surface area contributed by atoms with E-state index in [1.165, 1.54) is 6.33 Å². The molecule has 2 aromatic heterocycles. The van der Waals surface area contributed by atoms with Crippen molar-refractivity contribution in [1.82, 2.24) is 19.7 Å². The zero-order valence-electron chi connectivity index (χ0n) is 11.6. The van der Waals surface area contributed by atoms with Gasteiger partial charge in [0.25, 0.3) is 0 Å². The van der Waals surface area contributed by atoms with Crippen LogP contribution in [-0.2, 0) is 6.54 Å². The molecule has 0 saturated heterocycles. The number of anilines is 1. The summed E-state index contributed by atoms with van der Waals surface area (Å²) in [5.74, 6) is 0.621. The van der Waals surface area contributed by atoms with Gasteiger partial charge >= 0.3 is 0 Å². The van der Waals surface area contributed by atoms with Crippen LogP contribution in [-0.4, -0.2) is 26.9 Å². The molecule has 106 valence electrons. The second kappa shape index (κ2) is 6.04. The number of ether oxygens (including phenoxy) is 1. The van der Waals surface area contributed by atoms with Crippen LogP contribution in [0.2, 0.25) is 0 Å². The average molecular weight is 281 g/mol. The quantitative estimate of drug-likeness (QED) is 0.777. The zero-order chi connectivity index (χ0) is 14.5. The third-order valence-corrected chi connectivity index (χ3v) is 3.05. The average Bonchev–Trinajstić information content (AvgIpc) is 3.08. The molecule has 0 amide bonds. The van der Waals surface area contributed by atoms with Gasteiger partial charge in [-0.05, 0) is 29.8 Å². The van der Waals surface area contributed by atoms with Crippen LogP contribution in [0.1, 0.15) is 5.56 Å². The molecule has 0 saturated carbocycles. The first kappa shape index (κ1) is 13.1. The maximum absolute atomic E-state index is 5.04. The van der Waals surface area contributed by atoms with Crippen molar-refractivity contribution < 1.29 is 4.74 Å². The van der Waals surface area contributed by atoms with Crippen LogP contribution in [0.4, 0.5) is 5.69 Å². The number of pyridine rings is 1. The Kier molecular flexibility index (Phi) is 3.77. The van der Waals surface area contributed by atoms with Gasteiger partial charge < -0.3 is 10.1 Å². The molecule has 0 fully saturated rings. The van der Waals surface area contributed by atoms with Gasteiger partial charge in [0.2, 0.25) is 5.88 Å².